The fourth-order valence-electron chi connectivity index (χ4n) is 1.23. The van der Waals surface area contributed by atoms with Crippen molar-refractivity contribution in [3.63, 3.8) is 0 Å². The highest BCUT2D eigenvalue weighted by Gasteiger charge is 2.27. The molecular weight excluding hydrogens is 216 g/mol. The van der Waals surface area contributed by atoms with E-state index in [0.717, 1.165) is 0 Å². The predicted octanol–water partition coefficient (Wildman–Crippen LogP) is 2.50. The maximum absolute atomic E-state index is 13.0. The van der Waals surface area contributed by atoms with Gasteiger partial charge in [0.15, 0.2) is 23.3 Å². The molecule has 0 unspecified atom stereocenters. The molecule has 2 nitrogen and oxygen atoms in total. The zero-order valence-electron chi connectivity index (χ0n) is 7.57. The van der Waals surface area contributed by atoms with E-state index in [-0.39, 0.29) is 6.42 Å². The van der Waals surface area contributed by atoms with Crippen LogP contribution >= 0.6 is 0 Å². The quantitative estimate of drug-likeness (QED) is 0.474. The SMILES string of the molecule is CCc1c(F)c(F)c(F)c(F)c1C(=O)O. The van der Waals surface area contributed by atoms with E-state index in [2.05, 4.69) is 0 Å². The molecule has 0 heterocycles. The molecule has 0 aliphatic heterocycles. The summed E-state index contributed by atoms with van der Waals surface area (Å²) in [5.74, 6) is -9.47. The number of aromatic carboxylic acids is 1. The molecule has 1 rings (SSSR count). The molecule has 0 atom stereocenters. The van der Waals surface area contributed by atoms with Crippen molar-refractivity contribution >= 4 is 5.97 Å². The highest BCUT2D eigenvalue weighted by atomic mass is 19.2. The summed E-state index contributed by atoms with van der Waals surface area (Å²) in [5.41, 5.74) is -1.84. The maximum Gasteiger partial charge on any atom is 0.339 e. The van der Waals surface area contributed by atoms with Crippen LogP contribution in [0, 0.1) is 23.3 Å². The van der Waals surface area contributed by atoms with E-state index < -0.39 is 40.4 Å². The molecule has 0 radical (unpaired) electrons. The minimum atomic E-state index is -2.11. The smallest absolute Gasteiger partial charge is 0.339 e. The van der Waals surface area contributed by atoms with Crippen LogP contribution < -0.4 is 0 Å². The summed E-state index contributed by atoms with van der Waals surface area (Å²) in [7, 11) is 0. The van der Waals surface area contributed by atoms with E-state index in [0.29, 0.717) is 0 Å². The Labute approximate surface area is 82.1 Å². The number of carboxylic acids is 1. The van der Waals surface area contributed by atoms with E-state index in [1.165, 1.54) is 6.92 Å². The fraction of sp³-hybridized carbons (Fsp3) is 0.222. The number of rotatable bonds is 2. The molecule has 1 aromatic carbocycles. The minimum Gasteiger partial charge on any atom is -0.478 e. The number of hydrogen-bond donors (Lipinski definition) is 1. The molecule has 1 N–H and O–H groups in total. The van der Waals surface area contributed by atoms with E-state index in [9.17, 15) is 22.4 Å². The first kappa shape index (κ1) is 11.5. The van der Waals surface area contributed by atoms with Crippen LogP contribution in [0.3, 0.4) is 0 Å². The van der Waals surface area contributed by atoms with Crippen LogP contribution in [0.2, 0.25) is 0 Å². The molecule has 0 aliphatic carbocycles. The lowest BCUT2D eigenvalue weighted by molar-refractivity contribution is 0.0688. The van der Waals surface area contributed by atoms with Crippen LogP contribution in [0.4, 0.5) is 17.6 Å². The summed E-state index contributed by atoms with van der Waals surface area (Å²) in [6.07, 6.45) is -0.248. The van der Waals surface area contributed by atoms with E-state index in [1.54, 1.807) is 0 Å². The van der Waals surface area contributed by atoms with Crippen LogP contribution in [0.1, 0.15) is 22.8 Å². The van der Waals surface area contributed by atoms with E-state index >= 15 is 0 Å². The Bertz CT molecular complexity index is 429. The summed E-state index contributed by atoms with van der Waals surface area (Å²) < 4.78 is 51.4. The molecule has 0 amide bonds. The Hall–Kier alpha value is -1.59. The van der Waals surface area contributed by atoms with Gasteiger partial charge in [0, 0.05) is 5.56 Å². The van der Waals surface area contributed by atoms with Crippen LogP contribution in [0.5, 0.6) is 0 Å². The zero-order valence-corrected chi connectivity index (χ0v) is 7.57. The van der Waals surface area contributed by atoms with Crippen molar-refractivity contribution in [3.8, 4) is 0 Å². The predicted molar refractivity (Wildman–Crippen MR) is 42.6 cm³/mol. The topological polar surface area (TPSA) is 37.3 Å². The number of carboxylic acid groups (broad SMARTS) is 1. The highest BCUT2D eigenvalue weighted by Crippen LogP contribution is 2.24. The molecule has 0 bridgehead atoms. The van der Waals surface area contributed by atoms with Crippen molar-refractivity contribution in [2.24, 2.45) is 0 Å². The molecule has 0 saturated heterocycles. The third-order valence-corrected chi connectivity index (χ3v) is 1.93. The lowest BCUT2D eigenvalue weighted by atomic mass is 10.0. The third kappa shape index (κ3) is 1.67. The first-order valence-corrected chi connectivity index (χ1v) is 3.99. The number of benzene rings is 1. The number of carbonyl (C=O) groups is 1. The Morgan fingerprint density at radius 1 is 1.07 bits per heavy atom. The monoisotopic (exact) mass is 222 g/mol. The normalized spacial score (nSPS) is 10.5. The molecular formula is C9H6F4O2. The van der Waals surface area contributed by atoms with Crippen molar-refractivity contribution in [3.05, 3.63) is 34.4 Å². The van der Waals surface area contributed by atoms with Crippen molar-refractivity contribution in [1.82, 2.24) is 0 Å². The second-order valence-corrected chi connectivity index (χ2v) is 2.77. The zero-order chi connectivity index (χ0) is 11.7. The molecule has 0 saturated carbocycles. The first-order chi connectivity index (χ1) is 6.91. The number of hydrogen-bond acceptors (Lipinski definition) is 1. The van der Waals surface area contributed by atoms with Gasteiger partial charge in [0.05, 0.1) is 0 Å². The molecule has 0 aromatic heterocycles. The second-order valence-electron chi connectivity index (χ2n) is 2.77. The van der Waals surface area contributed by atoms with Crippen molar-refractivity contribution < 1.29 is 27.5 Å². The van der Waals surface area contributed by atoms with Crippen LogP contribution in [-0.2, 0) is 6.42 Å². The van der Waals surface area contributed by atoms with Crippen molar-refractivity contribution in [1.29, 1.82) is 0 Å². The summed E-state index contributed by atoms with van der Waals surface area (Å²) in [4.78, 5) is 10.5. The lowest BCUT2D eigenvalue weighted by Gasteiger charge is -2.08. The van der Waals surface area contributed by atoms with Crippen LogP contribution in [0.25, 0.3) is 0 Å². The van der Waals surface area contributed by atoms with Gasteiger partial charge in [-0.25, -0.2) is 22.4 Å². The van der Waals surface area contributed by atoms with Crippen LogP contribution in [-0.4, -0.2) is 11.1 Å². The molecule has 82 valence electrons. The van der Waals surface area contributed by atoms with Gasteiger partial charge in [-0.15, -0.1) is 0 Å². The average molecular weight is 222 g/mol. The summed E-state index contributed by atoms with van der Waals surface area (Å²) >= 11 is 0. The summed E-state index contributed by atoms with van der Waals surface area (Å²) in [5, 5.41) is 8.52. The molecule has 0 aliphatic rings. The molecule has 15 heavy (non-hydrogen) atoms. The van der Waals surface area contributed by atoms with Gasteiger partial charge in [-0.2, -0.15) is 0 Å². The third-order valence-electron chi connectivity index (χ3n) is 1.93. The second kappa shape index (κ2) is 3.88. The van der Waals surface area contributed by atoms with E-state index in [4.69, 9.17) is 5.11 Å². The molecule has 1 aromatic rings. The fourth-order valence-corrected chi connectivity index (χ4v) is 1.23. The Morgan fingerprint density at radius 3 is 1.93 bits per heavy atom. The largest absolute Gasteiger partial charge is 0.478 e. The van der Waals surface area contributed by atoms with E-state index in [1.807, 2.05) is 0 Å². The molecule has 0 spiro atoms. The van der Waals surface area contributed by atoms with Gasteiger partial charge in [0.25, 0.3) is 0 Å². The summed E-state index contributed by atoms with van der Waals surface area (Å²) in [6, 6.07) is 0. The molecule has 6 heteroatoms. The Kier molecular flexibility index (Phi) is 2.97. The Balaban J connectivity index is 3.70. The standard InChI is InChI=1S/C9H6F4O2/c1-2-3-4(9(14)15)6(11)8(13)7(12)5(3)10/h2H2,1H3,(H,14,15). The number of halogens is 4. The van der Waals surface area contributed by atoms with Crippen LogP contribution in [0.15, 0.2) is 0 Å². The Morgan fingerprint density at radius 2 is 1.53 bits per heavy atom. The van der Waals surface area contributed by atoms with Gasteiger partial charge in [-0.05, 0) is 6.42 Å². The molecule has 0 fully saturated rings. The van der Waals surface area contributed by atoms with Gasteiger partial charge in [0.2, 0.25) is 0 Å². The van der Waals surface area contributed by atoms with Gasteiger partial charge < -0.3 is 5.11 Å². The average Bonchev–Trinajstić information content (AvgIpc) is 2.19. The van der Waals surface area contributed by atoms with Gasteiger partial charge in [-0.3, -0.25) is 0 Å². The maximum atomic E-state index is 13.0. The van der Waals surface area contributed by atoms with Crippen molar-refractivity contribution in [2.75, 3.05) is 0 Å². The minimum absolute atomic E-state index is 0.248. The summed E-state index contributed by atoms with van der Waals surface area (Å²) in [6.45, 7) is 1.31. The first-order valence-electron chi connectivity index (χ1n) is 3.99. The highest BCUT2D eigenvalue weighted by molar-refractivity contribution is 5.89. The lowest BCUT2D eigenvalue weighted by Crippen LogP contribution is -2.12. The van der Waals surface area contributed by atoms with Gasteiger partial charge in [-0.1, -0.05) is 6.92 Å². The van der Waals surface area contributed by atoms with Gasteiger partial charge >= 0.3 is 5.97 Å². The van der Waals surface area contributed by atoms with Gasteiger partial charge in [0.1, 0.15) is 5.56 Å². The van der Waals surface area contributed by atoms with Crippen molar-refractivity contribution in [2.45, 2.75) is 13.3 Å².